The molecule has 2 aromatic rings. The number of benzene rings is 1. The lowest BCUT2D eigenvalue weighted by Gasteiger charge is -1.96. The van der Waals surface area contributed by atoms with Crippen LogP contribution < -0.4 is 0 Å². The summed E-state index contributed by atoms with van der Waals surface area (Å²) in [4.78, 5) is 22.7. The number of ketones is 1. The number of aromatic nitrogens is 2. The van der Waals surface area contributed by atoms with Gasteiger partial charge in [0.25, 0.3) is 0 Å². The summed E-state index contributed by atoms with van der Waals surface area (Å²) >= 11 is 0. The fourth-order valence-electron chi connectivity index (χ4n) is 1.84. The van der Waals surface area contributed by atoms with Gasteiger partial charge in [0.15, 0.2) is 5.78 Å². The highest BCUT2D eigenvalue weighted by molar-refractivity contribution is 6.07. The minimum absolute atomic E-state index is 0.127. The second kappa shape index (κ2) is 5.52. The van der Waals surface area contributed by atoms with Gasteiger partial charge in [-0.15, -0.1) is 0 Å². The van der Waals surface area contributed by atoms with Crippen LogP contribution in [0.25, 0.3) is 6.08 Å². The van der Waals surface area contributed by atoms with Crippen LogP contribution in [0.5, 0.6) is 0 Å². The SMILES string of the molecule is Cc1nn(C)cc1C(=O)/C=C\c1ccc(C(=O)O)cc1. The zero-order chi connectivity index (χ0) is 14.7. The highest BCUT2D eigenvalue weighted by atomic mass is 16.4. The molecule has 1 heterocycles. The van der Waals surface area contributed by atoms with Crippen LogP contribution in [0.15, 0.2) is 36.5 Å². The second-order valence-electron chi connectivity index (χ2n) is 4.43. The van der Waals surface area contributed by atoms with Crippen LogP contribution in [0.3, 0.4) is 0 Å². The van der Waals surface area contributed by atoms with Gasteiger partial charge in [-0.1, -0.05) is 18.2 Å². The van der Waals surface area contributed by atoms with Crippen molar-refractivity contribution in [3.63, 3.8) is 0 Å². The first kappa shape index (κ1) is 13.7. The summed E-state index contributed by atoms with van der Waals surface area (Å²) in [6.07, 6.45) is 4.79. The molecule has 0 aliphatic heterocycles. The third kappa shape index (κ3) is 3.00. The number of aromatic carboxylic acids is 1. The van der Waals surface area contributed by atoms with Crippen LogP contribution in [-0.4, -0.2) is 26.6 Å². The van der Waals surface area contributed by atoms with Crippen molar-refractivity contribution in [3.05, 3.63) is 58.9 Å². The van der Waals surface area contributed by atoms with Gasteiger partial charge < -0.3 is 5.11 Å². The van der Waals surface area contributed by atoms with Gasteiger partial charge in [-0.05, 0) is 30.7 Å². The molecule has 1 aromatic carbocycles. The summed E-state index contributed by atoms with van der Waals surface area (Å²) < 4.78 is 1.60. The maximum atomic E-state index is 12.0. The topological polar surface area (TPSA) is 72.2 Å². The second-order valence-corrected chi connectivity index (χ2v) is 4.43. The molecule has 102 valence electrons. The number of hydrogen-bond acceptors (Lipinski definition) is 3. The maximum absolute atomic E-state index is 12.0. The summed E-state index contributed by atoms with van der Waals surface area (Å²) in [5, 5.41) is 12.9. The molecule has 0 fully saturated rings. The third-order valence-corrected chi connectivity index (χ3v) is 2.86. The largest absolute Gasteiger partial charge is 0.478 e. The molecule has 0 spiro atoms. The average molecular weight is 270 g/mol. The van der Waals surface area contributed by atoms with Crippen LogP contribution in [0, 0.1) is 6.92 Å². The standard InChI is InChI=1S/C15H14N2O3/c1-10-13(9-17(2)16-10)14(18)8-5-11-3-6-12(7-4-11)15(19)20/h3-9H,1-2H3,(H,19,20)/b8-5-. The van der Waals surface area contributed by atoms with E-state index in [1.165, 1.54) is 18.2 Å². The smallest absolute Gasteiger partial charge is 0.335 e. The molecular weight excluding hydrogens is 256 g/mol. The molecule has 0 atom stereocenters. The van der Waals surface area contributed by atoms with Crippen LogP contribution in [0.2, 0.25) is 0 Å². The quantitative estimate of drug-likeness (QED) is 0.683. The van der Waals surface area contributed by atoms with E-state index in [2.05, 4.69) is 5.10 Å². The number of rotatable bonds is 4. The van der Waals surface area contributed by atoms with Gasteiger partial charge in [-0.3, -0.25) is 9.48 Å². The number of nitrogens with zero attached hydrogens (tertiary/aromatic N) is 2. The third-order valence-electron chi connectivity index (χ3n) is 2.86. The summed E-state index contributed by atoms with van der Waals surface area (Å²) in [7, 11) is 1.76. The van der Waals surface area contributed by atoms with Crippen LogP contribution in [-0.2, 0) is 7.05 Å². The molecule has 20 heavy (non-hydrogen) atoms. The number of carbonyl (C=O) groups excluding carboxylic acids is 1. The van der Waals surface area contributed by atoms with Crippen molar-refractivity contribution in [1.29, 1.82) is 0 Å². The fraction of sp³-hybridized carbons (Fsp3) is 0.133. The first-order chi connectivity index (χ1) is 9.47. The molecule has 0 radical (unpaired) electrons. The van der Waals surface area contributed by atoms with Crippen molar-refractivity contribution < 1.29 is 14.7 Å². The monoisotopic (exact) mass is 270 g/mol. The van der Waals surface area contributed by atoms with Gasteiger partial charge >= 0.3 is 5.97 Å². The molecule has 0 bridgehead atoms. The minimum Gasteiger partial charge on any atom is -0.478 e. The lowest BCUT2D eigenvalue weighted by atomic mass is 10.1. The zero-order valence-electron chi connectivity index (χ0n) is 11.2. The molecule has 0 amide bonds. The van der Waals surface area contributed by atoms with Crippen molar-refractivity contribution in [2.75, 3.05) is 0 Å². The Morgan fingerprint density at radius 2 is 1.90 bits per heavy atom. The van der Waals surface area contributed by atoms with E-state index in [0.29, 0.717) is 11.3 Å². The Morgan fingerprint density at radius 1 is 1.25 bits per heavy atom. The molecule has 0 saturated heterocycles. The lowest BCUT2D eigenvalue weighted by molar-refractivity contribution is 0.0696. The Morgan fingerprint density at radius 3 is 2.40 bits per heavy atom. The van der Waals surface area contributed by atoms with E-state index in [4.69, 9.17) is 5.11 Å². The number of carboxylic acid groups (broad SMARTS) is 1. The van der Waals surface area contributed by atoms with Crippen molar-refractivity contribution in [1.82, 2.24) is 9.78 Å². The Hall–Kier alpha value is -2.69. The summed E-state index contributed by atoms with van der Waals surface area (Å²) in [5.41, 5.74) is 2.23. The summed E-state index contributed by atoms with van der Waals surface area (Å²) in [6.45, 7) is 1.78. The number of allylic oxidation sites excluding steroid dienone is 1. The lowest BCUT2D eigenvalue weighted by Crippen LogP contribution is -1.96. The molecule has 5 heteroatoms. The van der Waals surface area contributed by atoms with E-state index in [1.807, 2.05) is 0 Å². The minimum atomic E-state index is -0.970. The number of aryl methyl sites for hydroxylation is 2. The Balaban J connectivity index is 2.15. The van der Waals surface area contributed by atoms with Crippen molar-refractivity contribution in [2.45, 2.75) is 6.92 Å². The van der Waals surface area contributed by atoms with Gasteiger partial charge in [-0.25, -0.2) is 4.79 Å². The molecule has 0 unspecified atom stereocenters. The zero-order valence-corrected chi connectivity index (χ0v) is 11.2. The van der Waals surface area contributed by atoms with E-state index in [9.17, 15) is 9.59 Å². The van der Waals surface area contributed by atoms with Gasteiger partial charge in [0, 0.05) is 13.2 Å². The average Bonchev–Trinajstić information content (AvgIpc) is 2.75. The van der Waals surface area contributed by atoms with E-state index < -0.39 is 5.97 Å². The molecule has 5 nitrogen and oxygen atoms in total. The van der Waals surface area contributed by atoms with E-state index in [0.717, 1.165) is 5.56 Å². The van der Waals surface area contributed by atoms with Crippen molar-refractivity contribution in [2.24, 2.45) is 7.05 Å². The van der Waals surface area contributed by atoms with E-state index >= 15 is 0 Å². The van der Waals surface area contributed by atoms with Gasteiger partial charge in [0.1, 0.15) is 0 Å². The Kier molecular flexibility index (Phi) is 3.79. The first-order valence-electron chi connectivity index (χ1n) is 6.03. The van der Waals surface area contributed by atoms with Gasteiger partial charge in [0.05, 0.1) is 16.8 Å². The van der Waals surface area contributed by atoms with Crippen molar-refractivity contribution in [3.8, 4) is 0 Å². The summed E-state index contributed by atoms with van der Waals surface area (Å²) in [5.74, 6) is -1.10. The highest BCUT2D eigenvalue weighted by Crippen LogP contribution is 2.10. The maximum Gasteiger partial charge on any atom is 0.335 e. The van der Waals surface area contributed by atoms with Gasteiger partial charge in [0.2, 0.25) is 0 Å². The molecule has 2 rings (SSSR count). The van der Waals surface area contributed by atoms with Gasteiger partial charge in [-0.2, -0.15) is 5.10 Å². The first-order valence-corrected chi connectivity index (χ1v) is 6.03. The Labute approximate surface area is 116 Å². The van der Waals surface area contributed by atoms with Crippen molar-refractivity contribution >= 4 is 17.8 Å². The predicted octanol–water partition coefficient (Wildman–Crippen LogP) is 2.32. The number of carboxylic acids is 1. The van der Waals surface area contributed by atoms with Crippen LogP contribution in [0.1, 0.15) is 32.0 Å². The number of carbonyl (C=O) groups is 2. The molecule has 0 saturated carbocycles. The molecule has 0 aliphatic rings. The molecular formula is C15H14N2O3. The molecule has 1 N–H and O–H groups in total. The predicted molar refractivity (Wildman–Crippen MR) is 74.7 cm³/mol. The van der Waals surface area contributed by atoms with Crippen LogP contribution >= 0.6 is 0 Å². The molecule has 0 aliphatic carbocycles. The van der Waals surface area contributed by atoms with E-state index in [-0.39, 0.29) is 11.3 Å². The highest BCUT2D eigenvalue weighted by Gasteiger charge is 2.09. The number of hydrogen-bond donors (Lipinski definition) is 1. The summed E-state index contributed by atoms with van der Waals surface area (Å²) in [6, 6.07) is 6.32. The fourth-order valence-corrected chi connectivity index (χ4v) is 1.84. The normalized spacial score (nSPS) is 10.9. The van der Waals surface area contributed by atoms with E-state index in [1.54, 1.807) is 43.1 Å². The molecule has 1 aromatic heterocycles. The van der Waals surface area contributed by atoms with Crippen LogP contribution in [0.4, 0.5) is 0 Å². The Bertz CT molecular complexity index is 682.